The molecular weight excluding hydrogens is 395 g/mol. The van der Waals surface area contributed by atoms with Crippen molar-refractivity contribution < 1.29 is 22.5 Å². The fourth-order valence-corrected chi connectivity index (χ4v) is 3.06. The number of aromatic nitrogens is 2. The number of hydrogen-bond donors (Lipinski definition) is 0. The highest BCUT2D eigenvalue weighted by atomic mass is 19.4. The molecule has 0 fully saturated rings. The van der Waals surface area contributed by atoms with Crippen LogP contribution in [-0.4, -0.2) is 34.0 Å². The molecule has 3 aromatic rings. The lowest BCUT2D eigenvalue weighted by Crippen LogP contribution is -2.33. The molecular formula is C22H22F3N3O2. The molecule has 0 atom stereocenters. The van der Waals surface area contributed by atoms with Crippen LogP contribution < -0.4 is 0 Å². The fraction of sp³-hybridized carbons (Fsp3) is 0.318. The molecule has 1 heterocycles. The molecule has 0 spiro atoms. The average Bonchev–Trinajstić information content (AvgIpc) is 3.19. The van der Waals surface area contributed by atoms with Gasteiger partial charge in [-0.2, -0.15) is 18.2 Å². The first-order valence-corrected chi connectivity index (χ1v) is 9.64. The first-order chi connectivity index (χ1) is 14.3. The van der Waals surface area contributed by atoms with Crippen LogP contribution in [0.2, 0.25) is 0 Å². The maximum absolute atomic E-state index is 12.8. The summed E-state index contributed by atoms with van der Waals surface area (Å²) in [5.74, 6) is 0.543. The lowest BCUT2D eigenvalue weighted by molar-refractivity contribution is -0.137. The highest BCUT2D eigenvalue weighted by Crippen LogP contribution is 2.29. The van der Waals surface area contributed by atoms with Crippen LogP contribution in [0, 0.1) is 6.92 Å². The smallest absolute Gasteiger partial charge is 0.339 e. The van der Waals surface area contributed by atoms with Gasteiger partial charge in [-0.15, -0.1) is 0 Å². The number of hydrogen-bond acceptors (Lipinski definition) is 4. The molecule has 0 saturated carbocycles. The molecule has 0 bridgehead atoms. The highest BCUT2D eigenvalue weighted by molar-refractivity contribution is 5.94. The molecule has 0 aliphatic heterocycles. The normalized spacial score (nSPS) is 11.5. The van der Waals surface area contributed by atoms with E-state index in [9.17, 15) is 18.0 Å². The summed E-state index contributed by atoms with van der Waals surface area (Å²) < 4.78 is 43.5. The molecule has 0 radical (unpaired) electrons. The van der Waals surface area contributed by atoms with Gasteiger partial charge in [-0.05, 0) is 43.7 Å². The number of amides is 1. The Bertz CT molecular complexity index is 997. The van der Waals surface area contributed by atoms with Crippen molar-refractivity contribution in [3.8, 4) is 11.4 Å². The molecule has 30 heavy (non-hydrogen) atoms. The number of rotatable bonds is 7. The Kier molecular flexibility index (Phi) is 6.54. The van der Waals surface area contributed by atoms with Crippen LogP contribution in [0.1, 0.15) is 40.7 Å². The zero-order chi connectivity index (χ0) is 21.7. The van der Waals surface area contributed by atoms with E-state index in [-0.39, 0.29) is 11.5 Å². The largest absolute Gasteiger partial charge is 0.416 e. The zero-order valence-corrected chi connectivity index (χ0v) is 16.7. The number of benzene rings is 2. The Labute approximate surface area is 172 Å². The van der Waals surface area contributed by atoms with E-state index in [0.29, 0.717) is 37.6 Å². The summed E-state index contributed by atoms with van der Waals surface area (Å²) in [5.41, 5.74) is 1.35. The van der Waals surface area contributed by atoms with Crippen molar-refractivity contribution in [2.75, 3.05) is 13.1 Å². The fourth-order valence-electron chi connectivity index (χ4n) is 3.06. The Morgan fingerprint density at radius 1 is 1.10 bits per heavy atom. The predicted octanol–water partition coefficient (Wildman–Crippen LogP) is 5.16. The van der Waals surface area contributed by atoms with Gasteiger partial charge in [0.05, 0.1) is 5.56 Å². The second-order valence-electron chi connectivity index (χ2n) is 7.00. The Morgan fingerprint density at radius 2 is 1.83 bits per heavy atom. The average molecular weight is 417 g/mol. The molecule has 0 unspecified atom stereocenters. The molecule has 1 aromatic heterocycles. The second kappa shape index (κ2) is 9.11. The molecule has 3 rings (SSSR count). The van der Waals surface area contributed by atoms with E-state index in [0.717, 1.165) is 23.3 Å². The SMILES string of the molecule is CCCN(CCc1nc(-c2cccc(C)c2)no1)C(=O)c1ccc(C(F)(F)F)cc1. The number of nitrogens with zero attached hydrogens (tertiary/aromatic N) is 3. The molecule has 8 heteroatoms. The molecule has 0 N–H and O–H groups in total. The minimum atomic E-state index is -4.43. The van der Waals surface area contributed by atoms with Gasteiger partial charge < -0.3 is 9.42 Å². The Morgan fingerprint density at radius 3 is 2.47 bits per heavy atom. The van der Waals surface area contributed by atoms with E-state index >= 15 is 0 Å². The lowest BCUT2D eigenvalue weighted by atomic mass is 10.1. The van der Waals surface area contributed by atoms with Crippen LogP contribution in [-0.2, 0) is 12.6 Å². The van der Waals surface area contributed by atoms with E-state index in [1.807, 2.05) is 38.1 Å². The molecule has 0 saturated heterocycles. The quantitative estimate of drug-likeness (QED) is 0.533. The van der Waals surface area contributed by atoms with Gasteiger partial charge in [0, 0.05) is 30.6 Å². The topological polar surface area (TPSA) is 59.2 Å². The summed E-state index contributed by atoms with van der Waals surface area (Å²) in [6, 6.07) is 12.0. The van der Waals surface area contributed by atoms with Gasteiger partial charge in [-0.1, -0.05) is 35.8 Å². The third kappa shape index (κ3) is 5.25. The molecule has 2 aromatic carbocycles. The van der Waals surface area contributed by atoms with E-state index in [4.69, 9.17) is 4.52 Å². The first kappa shape index (κ1) is 21.5. The summed E-state index contributed by atoms with van der Waals surface area (Å²) >= 11 is 0. The lowest BCUT2D eigenvalue weighted by Gasteiger charge is -2.21. The minimum absolute atomic E-state index is 0.211. The summed E-state index contributed by atoms with van der Waals surface area (Å²) in [4.78, 5) is 18.7. The molecule has 0 aliphatic carbocycles. The Hall–Kier alpha value is -3.16. The van der Waals surface area contributed by atoms with E-state index in [2.05, 4.69) is 10.1 Å². The number of halogens is 3. The number of aryl methyl sites for hydroxylation is 1. The van der Waals surface area contributed by atoms with Crippen molar-refractivity contribution in [3.05, 3.63) is 71.1 Å². The molecule has 0 aliphatic rings. The van der Waals surface area contributed by atoms with Gasteiger partial charge in [0.15, 0.2) is 0 Å². The maximum atomic E-state index is 12.8. The van der Waals surface area contributed by atoms with E-state index in [1.165, 1.54) is 12.1 Å². The van der Waals surface area contributed by atoms with Crippen molar-refractivity contribution in [2.45, 2.75) is 32.9 Å². The van der Waals surface area contributed by atoms with Gasteiger partial charge in [0.1, 0.15) is 0 Å². The van der Waals surface area contributed by atoms with E-state index < -0.39 is 11.7 Å². The maximum Gasteiger partial charge on any atom is 0.416 e. The standard InChI is InChI=1S/C22H22F3N3O2/c1-3-12-28(21(29)16-7-9-18(10-8-16)22(23,24)25)13-11-19-26-20(27-30-19)17-6-4-5-15(2)14-17/h4-10,14H,3,11-13H2,1-2H3. The third-order valence-corrected chi connectivity index (χ3v) is 4.58. The minimum Gasteiger partial charge on any atom is -0.339 e. The van der Waals surface area contributed by atoms with Gasteiger partial charge in [0.25, 0.3) is 5.91 Å². The third-order valence-electron chi connectivity index (χ3n) is 4.58. The van der Waals surface area contributed by atoms with Crippen LogP contribution in [0.25, 0.3) is 11.4 Å². The Balaban J connectivity index is 1.68. The van der Waals surface area contributed by atoms with Crippen LogP contribution in [0.5, 0.6) is 0 Å². The van der Waals surface area contributed by atoms with Gasteiger partial charge >= 0.3 is 6.18 Å². The predicted molar refractivity (Wildman–Crippen MR) is 106 cm³/mol. The zero-order valence-electron chi connectivity index (χ0n) is 16.7. The van der Waals surface area contributed by atoms with Crippen LogP contribution in [0.15, 0.2) is 53.1 Å². The van der Waals surface area contributed by atoms with Gasteiger partial charge in [-0.3, -0.25) is 4.79 Å². The van der Waals surface area contributed by atoms with E-state index in [1.54, 1.807) is 4.90 Å². The van der Waals surface area contributed by atoms with Gasteiger partial charge in [0.2, 0.25) is 11.7 Å². The van der Waals surface area contributed by atoms with Gasteiger partial charge in [-0.25, -0.2) is 0 Å². The summed E-state index contributed by atoms with van der Waals surface area (Å²) in [6.07, 6.45) is -3.37. The monoisotopic (exact) mass is 417 g/mol. The highest BCUT2D eigenvalue weighted by Gasteiger charge is 2.30. The van der Waals surface area contributed by atoms with Crippen LogP contribution in [0.4, 0.5) is 13.2 Å². The summed E-state index contributed by atoms with van der Waals surface area (Å²) in [7, 11) is 0. The first-order valence-electron chi connectivity index (χ1n) is 9.64. The molecule has 5 nitrogen and oxygen atoms in total. The molecule has 1 amide bonds. The summed E-state index contributed by atoms with van der Waals surface area (Å²) in [5, 5.41) is 3.99. The van der Waals surface area contributed by atoms with Crippen molar-refractivity contribution in [3.63, 3.8) is 0 Å². The number of carbonyl (C=O) groups is 1. The van der Waals surface area contributed by atoms with Crippen molar-refractivity contribution >= 4 is 5.91 Å². The van der Waals surface area contributed by atoms with Crippen molar-refractivity contribution in [2.24, 2.45) is 0 Å². The second-order valence-corrected chi connectivity index (χ2v) is 7.00. The van der Waals surface area contributed by atoms with Crippen LogP contribution in [0.3, 0.4) is 0 Å². The van der Waals surface area contributed by atoms with Crippen molar-refractivity contribution in [1.82, 2.24) is 15.0 Å². The van der Waals surface area contributed by atoms with Crippen molar-refractivity contribution in [1.29, 1.82) is 0 Å². The van der Waals surface area contributed by atoms with Crippen LogP contribution >= 0.6 is 0 Å². The molecule has 158 valence electrons. The summed E-state index contributed by atoms with van der Waals surface area (Å²) in [6.45, 7) is 4.69. The number of carbonyl (C=O) groups excluding carboxylic acids is 1. The number of alkyl halides is 3.